The molecule has 0 amide bonds. The second-order valence-corrected chi connectivity index (χ2v) is 6.26. The highest BCUT2D eigenvalue weighted by Crippen LogP contribution is 2.36. The molecule has 1 heterocycles. The van der Waals surface area contributed by atoms with Gasteiger partial charge in [-0.25, -0.2) is 4.39 Å². The molecule has 20 heavy (non-hydrogen) atoms. The third kappa shape index (κ3) is 2.92. The Morgan fingerprint density at radius 3 is 2.95 bits per heavy atom. The maximum atomic E-state index is 12.9. The van der Waals surface area contributed by atoms with E-state index in [2.05, 4.69) is 4.90 Å². The van der Waals surface area contributed by atoms with Gasteiger partial charge in [0.05, 0.1) is 5.02 Å². The molecule has 2 aliphatic rings. The number of nitrogens with two attached hydrogens (primary N) is 1. The summed E-state index contributed by atoms with van der Waals surface area (Å²) in [7, 11) is 0. The summed E-state index contributed by atoms with van der Waals surface area (Å²) in [4.78, 5) is 2.41. The molecule has 1 aromatic carbocycles. The highest BCUT2D eigenvalue weighted by Gasteiger charge is 2.40. The standard InChI is InChI=1S/C15H20ClFN2O/c16-13-7-11(17)2-4-15(13)20-6-5-19-8-10-1-3-14(18)12(10)9-19/h2,4,7,10,12,14H,1,3,5-6,8-9,18H2. The zero-order valence-electron chi connectivity index (χ0n) is 11.4. The second-order valence-electron chi connectivity index (χ2n) is 5.85. The van der Waals surface area contributed by atoms with Crippen LogP contribution in [0, 0.1) is 17.7 Å². The lowest BCUT2D eigenvalue weighted by atomic mass is 9.98. The van der Waals surface area contributed by atoms with E-state index < -0.39 is 0 Å². The van der Waals surface area contributed by atoms with Crippen LogP contribution in [0.4, 0.5) is 4.39 Å². The molecule has 110 valence electrons. The Bertz CT molecular complexity index is 485. The Balaban J connectivity index is 1.47. The van der Waals surface area contributed by atoms with E-state index in [1.807, 2.05) is 0 Å². The average molecular weight is 299 g/mol. The molecule has 5 heteroatoms. The summed E-state index contributed by atoms with van der Waals surface area (Å²) in [5.41, 5.74) is 6.12. The third-order valence-electron chi connectivity index (χ3n) is 4.55. The molecule has 2 fully saturated rings. The van der Waals surface area contributed by atoms with E-state index in [1.54, 1.807) is 6.07 Å². The van der Waals surface area contributed by atoms with Crippen LogP contribution in [-0.4, -0.2) is 37.2 Å². The Hall–Kier alpha value is -0.840. The van der Waals surface area contributed by atoms with Crippen molar-refractivity contribution < 1.29 is 9.13 Å². The van der Waals surface area contributed by atoms with E-state index in [0.29, 0.717) is 29.3 Å². The van der Waals surface area contributed by atoms with Crippen molar-refractivity contribution in [2.45, 2.75) is 18.9 Å². The lowest BCUT2D eigenvalue weighted by Crippen LogP contribution is -2.32. The molecule has 0 radical (unpaired) electrons. The molecule has 0 bridgehead atoms. The van der Waals surface area contributed by atoms with E-state index in [9.17, 15) is 4.39 Å². The van der Waals surface area contributed by atoms with Gasteiger partial charge >= 0.3 is 0 Å². The molecule has 3 atom stereocenters. The fourth-order valence-corrected chi connectivity index (χ4v) is 3.68. The number of nitrogens with zero attached hydrogens (tertiary/aromatic N) is 1. The molecule has 2 N–H and O–H groups in total. The quantitative estimate of drug-likeness (QED) is 0.928. The third-order valence-corrected chi connectivity index (χ3v) is 4.84. The van der Waals surface area contributed by atoms with Crippen molar-refractivity contribution in [3.8, 4) is 5.75 Å². The van der Waals surface area contributed by atoms with E-state index >= 15 is 0 Å². The maximum Gasteiger partial charge on any atom is 0.138 e. The van der Waals surface area contributed by atoms with Gasteiger partial charge in [-0.15, -0.1) is 0 Å². The van der Waals surface area contributed by atoms with Crippen molar-refractivity contribution >= 4 is 11.6 Å². The highest BCUT2D eigenvalue weighted by molar-refractivity contribution is 6.32. The number of benzene rings is 1. The van der Waals surface area contributed by atoms with Gasteiger partial charge in [-0.2, -0.15) is 0 Å². The maximum absolute atomic E-state index is 12.9. The minimum absolute atomic E-state index is 0.324. The van der Waals surface area contributed by atoms with Gasteiger partial charge in [0.15, 0.2) is 0 Å². The minimum atomic E-state index is -0.344. The van der Waals surface area contributed by atoms with Crippen LogP contribution < -0.4 is 10.5 Å². The van der Waals surface area contributed by atoms with Gasteiger partial charge in [0, 0.05) is 25.7 Å². The predicted molar refractivity (Wildman–Crippen MR) is 77.5 cm³/mol. The van der Waals surface area contributed by atoms with Crippen LogP contribution in [-0.2, 0) is 0 Å². The molecule has 3 nitrogen and oxygen atoms in total. The smallest absolute Gasteiger partial charge is 0.138 e. The summed E-state index contributed by atoms with van der Waals surface area (Å²) in [5, 5.41) is 0.324. The number of hydrogen-bond donors (Lipinski definition) is 1. The summed E-state index contributed by atoms with van der Waals surface area (Å²) < 4.78 is 18.6. The Morgan fingerprint density at radius 1 is 1.35 bits per heavy atom. The molecule has 1 aromatic rings. The molecule has 1 saturated carbocycles. The monoisotopic (exact) mass is 298 g/mol. The second kappa shape index (κ2) is 5.88. The predicted octanol–water partition coefficient (Wildman–Crippen LogP) is 2.53. The lowest BCUT2D eigenvalue weighted by Gasteiger charge is -2.18. The van der Waals surface area contributed by atoms with Crippen molar-refractivity contribution in [2.75, 3.05) is 26.2 Å². The number of likely N-dealkylation sites (tertiary alicyclic amines) is 1. The van der Waals surface area contributed by atoms with E-state index in [0.717, 1.165) is 25.6 Å². The van der Waals surface area contributed by atoms with Crippen LogP contribution >= 0.6 is 11.6 Å². The summed E-state index contributed by atoms with van der Waals surface area (Å²) in [5.74, 6) is 1.62. The Labute approximate surface area is 123 Å². The van der Waals surface area contributed by atoms with Crippen LogP contribution in [0.2, 0.25) is 5.02 Å². The van der Waals surface area contributed by atoms with Gasteiger partial charge in [-0.05, 0) is 42.9 Å². The molecular formula is C15H20ClFN2O. The molecule has 0 aromatic heterocycles. The van der Waals surface area contributed by atoms with Crippen LogP contribution in [0.3, 0.4) is 0 Å². The first-order chi connectivity index (χ1) is 9.63. The Morgan fingerprint density at radius 2 is 2.20 bits per heavy atom. The van der Waals surface area contributed by atoms with Gasteiger partial charge in [0.2, 0.25) is 0 Å². The van der Waals surface area contributed by atoms with Crippen LogP contribution in [0.25, 0.3) is 0 Å². The summed E-state index contributed by atoms with van der Waals surface area (Å²) in [6, 6.07) is 4.58. The molecular weight excluding hydrogens is 279 g/mol. The van der Waals surface area contributed by atoms with Gasteiger partial charge in [0.25, 0.3) is 0 Å². The number of rotatable bonds is 4. The largest absolute Gasteiger partial charge is 0.491 e. The van der Waals surface area contributed by atoms with Crippen molar-refractivity contribution in [1.29, 1.82) is 0 Å². The van der Waals surface area contributed by atoms with Crippen molar-refractivity contribution in [3.63, 3.8) is 0 Å². The topological polar surface area (TPSA) is 38.5 Å². The summed E-state index contributed by atoms with van der Waals surface area (Å²) >= 11 is 5.93. The van der Waals surface area contributed by atoms with Crippen molar-refractivity contribution in [2.24, 2.45) is 17.6 Å². The lowest BCUT2D eigenvalue weighted by molar-refractivity contribution is 0.225. The van der Waals surface area contributed by atoms with E-state index in [-0.39, 0.29) is 5.82 Å². The van der Waals surface area contributed by atoms with Crippen LogP contribution in [0.5, 0.6) is 5.75 Å². The van der Waals surface area contributed by atoms with E-state index in [4.69, 9.17) is 22.1 Å². The number of halogens is 2. The average Bonchev–Trinajstić information content (AvgIpc) is 2.95. The molecule has 1 aliphatic heterocycles. The first-order valence-corrected chi connectivity index (χ1v) is 7.57. The molecule has 3 unspecified atom stereocenters. The zero-order chi connectivity index (χ0) is 14.1. The number of fused-ring (bicyclic) bond motifs is 1. The first-order valence-electron chi connectivity index (χ1n) is 7.19. The highest BCUT2D eigenvalue weighted by atomic mass is 35.5. The van der Waals surface area contributed by atoms with Gasteiger partial charge in [0.1, 0.15) is 18.2 Å². The fraction of sp³-hybridized carbons (Fsp3) is 0.600. The summed E-state index contributed by atoms with van der Waals surface area (Å²) in [6.07, 6.45) is 2.43. The Kier molecular flexibility index (Phi) is 4.15. The fourth-order valence-electron chi connectivity index (χ4n) is 3.46. The summed E-state index contributed by atoms with van der Waals surface area (Å²) in [6.45, 7) is 3.64. The molecule has 1 aliphatic carbocycles. The number of hydrogen-bond acceptors (Lipinski definition) is 3. The van der Waals surface area contributed by atoms with E-state index in [1.165, 1.54) is 25.0 Å². The van der Waals surface area contributed by atoms with Gasteiger partial charge < -0.3 is 10.5 Å². The van der Waals surface area contributed by atoms with Crippen molar-refractivity contribution in [3.05, 3.63) is 29.0 Å². The minimum Gasteiger partial charge on any atom is -0.491 e. The van der Waals surface area contributed by atoms with Crippen LogP contribution in [0.1, 0.15) is 12.8 Å². The van der Waals surface area contributed by atoms with Crippen molar-refractivity contribution in [1.82, 2.24) is 4.90 Å². The normalized spacial score (nSPS) is 29.6. The molecule has 0 spiro atoms. The number of ether oxygens (including phenoxy) is 1. The zero-order valence-corrected chi connectivity index (χ0v) is 12.2. The van der Waals surface area contributed by atoms with Crippen LogP contribution in [0.15, 0.2) is 18.2 Å². The van der Waals surface area contributed by atoms with Gasteiger partial charge in [-0.1, -0.05) is 11.6 Å². The SMILES string of the molecule is NC1CCC2CN(CCOc3ccc(F)cc3Cl)CC12. The molecule has 3 rings (SSSR count). The van der Waals surface area contributed by atoms with Gasteiger partial charge in [-0.3, -0.25) is 4.90 Å². The molecule has 1 saturated heterocycles. The first kappa shape index (κ1) is 14.1.